The quantitative estimate of drug-likeness (QED) is 0.706. The zero-order valence-electron chi connectivity index (χ0n) is 8.37. The number of hydrogen-bond donors (Lipinski definition) is 0. The van der Waals surface area contributed by atoms with Crippen LogP contribution in [-0.2, 0) is 0 Å². The summed E-state index contributed by atoms with van der Waals surface area (Å²) in [4.78, 5) is 0.340. The average molecular weight is 260 g/mol. The first kappa shape index (κ1) is 10.2. The molecule has 0 saturated heterocycles. The van der Waals surface area contributed by atoms with Crippen molar-refractivity contribution >= 4 is 26.7 Å². The smallest absolute Gasteiger partial charge is 0.0998 e. The Morgan fingerprint density at radius 1 is 1.27 bits per heavy atom. The average Bonchev–Trinajstić information content (AvgIpc) is 2.27. The van der Waals surface area contributed by atoms with Crippen LogP contribution >= 0.6 is 15.9 Å². The maximum absolute atomic E-state index is 8.95. The summed E-state index contributed by atoms with van der Waals surface area (Å²) in [6, 6.07) is 14.2. The fraction of sp³-hybridized carbons (Fsp3) is 0.154. The van der Waals surface area contributed by atoms with E-state index in [9.17, 15) is 0 Å². The number of nitriles is 1. The van der Waals surface area contributed by atoms with E-state index in [0.29, 0.717) is 4.83 Å². The summed E-state index contributed by atoms with van der Waals surface area (Å²) < 4.78 is 0. The van der Waals surface area contributed by atoms with Crippen LogP contribution in [0, 0.1) is 11.3 Å². The number of hydrogen-bond acceptors (Lipinski definition) is 1. The molecule has 2 aromatic carbocycles. The lowest BCUT2D eigenvalue weighted by Gasteiger charge is -2.06. The van der Waals surface area contributed by atoms with Gasteiger partial charge in [-0.1, -0.05) is 40.2 Å². The summed E-state index contributed by atoms with van der Waals surface area (Å²) in [5, 5.41) is 11.1. The first-order chi connectivity index (χ1) is 7.22. The van der Waals surface area contributed by atoms with Crippen LogP contribution in [0.1, 0.15) is 22.9 Å². The molecular formula is C13H10BrN. The second-order valence-electron chi connectivity index (χ2n) is 3.51. The van der Waals surface area contributed by atoms with Crippen molar-refractivity contribution in [3.63, 3.8) is 0 Å². The molecular weight excluding hydrogens is 250 g/mol. The van der Waals surface area contributed by atoms with Gasteiger partial charge in [-0.25, -0.2) is 0 Å². The van der Waals surface area contributed by atoms with Gasteiger partial charge in [0.15, 0.2) is 0 Å². The van der Waals surface area contributed by atoms with Crippen molar-refractivity contribution in [1.82, 2.24) is 0 Å². The molecule has 0 bridgehead atoms. The van der Waals surface area contributed by atoms with E-state index in [-0.39, 0.29) is 0 Å². The van der Waals surface area contributed by atoms with Gasteiger partial charge in [0, 0.05) is 4.83 Å². The van der Waals surface area contributed by atoms with E-state index in [4.69, 9.17) is 5.26 Å². The maximum atomic E-state index is 8.95. The Bertz CT molecular complexity index is 538. The Hall–Kier alpha value is -1.33. The second kappa shape index (κ2) is 4.04. The minimum Gasteiger partial charge on any atom is -0.192 e. The Balaban J connectivity index is 2.70. The van der Waals surface area contributed by atoms with Crippen LogP contribution in [0.25, 0.3) is 10.8 Å². The van der Waals surface area contributed by atoms with Gasteiger partial charge in [-0.2, -0.15) is 5.26 Å². The van der Waals surface area contributed by atoms with Crippen molar-refractivity contribution in [3.8, 4) is 6.07 Å². The van der Waals surface area contributed by atoms with Gasteiger partial charge in [0.1, 0.15) is 0 Å². The van der Waals surface area contributed by atoms with Crippen molar-refractivity contribution in [2.75, 3.05) is 0 Å². The highest BCUT2D eigenvalue weighted by atomic mass is 79.9. The van der Waals surface area contributed by atoms with Crippen molar-refractivity contribution in [2.24, 2.45) is 0 Å². The zero-order chi connectivity index (χ0) is 10.8. The highest BCUT2D eigenvalue weighted by molar-refractivity contribution is 9.09. The normalized spacial score (nSPS) is 12.3. The molecule has 0 fully saturated rings. The Kier molecular flexibility index (Phi) is 2.75. The van der Waals surface area contributed by atoms with Gasteiger partial charge in [0.25, 0.3) is 0 Å². The topological polar surface area (TPSA) is 23.8 Å². The first-order valence-electron chi connectivity index (χ1n) is 4.79. The first-order valence-corrected chi connectivity index (χ1v) is 5.71. The summed E-state index contributed by atoms with van der Waals surface area (Å²) in [5.41, 5.74) is 1.97. The Morgan fingerprint density at radius 2 is 2.07 bits per heavy atom. The molecule has 1 nitrogen and oxygen atoms in total. The molecule has 1 atom stereocenters. The molecule has 0 spiro atoms. The van der Waals surface area contributed by atoms with Crippen molar-refractivity contribution in [3.05, 3.63) is 47.5 Å². The van der Waals surface area contributed by atoms with Crippen molar-refractivity contribution in [2.45, 2.75) is 11.8 Å². The van der Waals surface area contributed by atoms with Gasteiger partial charge < -0.3 is 0 Å². The van der Waals surface area contributed by atoms with Gasteiger partial charge in [0.2, 0.25) is 0 Å². The molecule has 0 radical (unpaired) electrons. The van der Waals surface area contributed by atoms with Crippen LogP contribution in [0.3, 0.4) is 0 Å². The molecule has 0 aliphatic heterocycles. The summed E-state index contributed by atoms with van der Waals surface area (Å²) in [6.45, 7) is 2.09. The zero-order valence-corrected chi connectivity index (χ0v) is 9.95. The lowest BCUT2D eigenvalue weighted by Crippen LogP contribution is -1.85. The highest BCUT2D eigenvalue weighted by Crippen LogP contribution is 2.26. The number of fused-ring (bicyclic) bond motifs is 1. The third-order valence-electron chi connectivity index (χ3n) is 2.48. The van der Waals surface area contributed by atoms with Crippen LogP contribution in [0.4, 0.5) is 0 Å². The van der Waals surface area contributed by atoms with Gasteiger partial charge in [-0.15, -0.1) is 0 Å². The van der Waals surface area contributed by atoms with Gasteiger partial charge in [-0.3, -0.25) is 0 Å². The van der Waals surface area contributed by atoms with E-state index in [0.717, 1.165) is 16.3 Å². The van der Waals surface area contributed by atoms with E-state index in [1.165, 1.54) is 5.56 Å². The molecule has 1 unspecified atom stereocenters. The Morgan fingerprint density at radius 3 is 2.73 bits per heavy atom. The van der Waals surface area contributed by atoms with Crippen molar-refractivity contribution in [1.29, 1.82) is 5.26 Å². The molecule has 0 aliphatic rings. The minimum absolute atomic E-state index is 0.340. The van der Waals surface area contributed by atoms with Gasteiger partial charge in [-0.05, 0) is 35.4 Å². The monoisotopic (exact) mass is 259 g/mol. The van der Waals surface area contributed by atoms with E-state index in [2.05, 4.69) is 41.1 Å². The predicted octanol–water partition coefficient (Wildman–Crippen LogP) is 4.17. The van der Waals surface area contributed by atoms with E-state index in [1.807, 2.05) is 24.3 Å². The molecule has 0 heterocycles. The number of benzene rings is 2. The van der Waals surface area contributed by atoms with Crippen LogP contribution in [0.2, 0.25) is 0 Å². The summed E-state index contributed by atoms with van der Waals surface area (Å²) in [5.74, 6) is 0. The van der Waals surface area contributed by atoms with E-state index in [1.54, 1.807) is 0 Å². The number of alkyl halides is 1. The van der Waals surface area contributed by atoms with Gasteiger partial charge >= 0.3 is 0 Å². The van der Waals surface area contributed by atoms with Crippen LogP contribution < -0.4 is 0 Å². The number of rotatable bonds is 1. The second-order valence-corrected chi connectivity index (χ2v) is 4.89. The summed E-state index contributed by atoms with van der Waals surface area (Å²) in [7, 11) is 0. The van der Waals surface area contributed by atoms with Crippen LogP contribution in [-0.4, -0.2) is 0 Å². The fourth-order valence-corrected chi connectivity index (χ4v) is 1.93. The molecule has 2 aromatic rings. The molecule has 74 valence electrons. The molecule has 0 aliphatic carbocycles. The fourth-order valence-electron chi connectivity index (χ4n) is 1.65. The Labute approximate surface area is 97.5 Å². The van der Waals surface area contributed by atoms with E-state index >= 15 is 0 Å². The molecule has 0 amide bonds. The molecule has 2 heteroatoms. The molecule has 0 aromatic heterocycles. The molecule has 2 rings (SSSR count). The summed E-state index contributed by atoms with van der Waals surface area (Å²) in [6.07, 6.45) is 0. The minimum atomic E-state index is 0.340. The number of halogens is 1. The lowest BCUT2D eigenvalue weighted by molar-refractivity contribution is 1.13. The standard InChI is InChI=1S/C13H10BrN/c1-9(14)10-5-6-13-11(7-10)3-2-4-12(13)8-15/h2-7,9H,1H3. The van der Waals surface area contributed by atoms with Gasteiger partial charge in [0.05, 0.1) is 11.6 Å². The number of nitrogens with zero attached hydrogens (tertiary/aromatic N) is 1. The highest BCUT2D eigenvalue weighted by Gasteiger charge is 2.04. The van der Waals surface area contributed by atoms with Crippen molar-refractivity contribution < 1.29 is 0 Å². The van der Waals surface area contributed by atoms with Crippen LogP contribution in [0.15, 0.2) is 36.4 Å². The molecule has 0 saturated carbocycles. The van der Waals surface area contributed by atoms with Crippen LogP contribution in [0.5, 0.6) is 0 Å². The molecule has 15 heavy (non-hydrogen) atoms. The summed E-state index contributed by atoms with van der Waals surface area (Å²) >= 11 is 3.54. The largest absolute Gasteiger partial charge is 0.192 e. The third kappa shape index (κ3) is 1.88. The SMILES string of the molecule is CC(Br)c1ccc2c(C#N)cccc2c1. The molecule has 0 N–H and O–H groups in total. The third-order valence-corrected chi connectivity index (χ3v) is 3.01. The maximum Gasteiger partial charge on any atom is 0.0998 e. The predicted molar refractivity (Wildman–Crippen MR) is 66.0 cm³/mol. The van der Waals surface area contributed by atoms with E-state index < -0.39 is 0 Å². The lowest BCUT2D eigenvalue weighted by atomic mass is 10.0.